The van der Waals surface area contributed by atoms with Crippen LogP contribution < -0.4 is 14.8 Å². The van der Waals surface area contributed by atoms with Crippen LogP contribution >= 0.6 is 0 Å². The van der Waals surface area contributed by atoms with Crippen LogP contribution in [0.4, 0.5) is 27.6 Å². The van der Waals surface area contributed by atoms with Gasteiger partial charge in [-0.1, -0.05) is 6.07 Å². The van der Waals surface area contributed by atoms with Crippen LogP contribution in [-0.2, 0) is 16.0 Å². The Labute approximate surface area is 190 Å². The molecule has 0 aliphatic rings. The van der Waals surface area contributed by atoms with Crippen LogP contribution in [0.15, 0.2) is 53.4 Å². The van der Waals surface area contributed by atoms with E-state index in [1.54, 1.807) is 0 Å². The smallest absolute Gasteiger partial charge is 0.433 e. The third kappa shape index (κ3) is 5.42. The highest BCUT2D eigenvalue weighted by atomic mass is 32.2. The summed E-state index contributed by atoms with van der Waals surface area (Å²) in [7, 11) is -2.63. The van der Waals surface area contributed by atoms with E-state index in [0.29, 0.717) is 12.1 Å². The minimum Gasteiger partial charge on any atom is -0.490 e. The van der Waals surface area contributed by atoms with E-state index in [2.05, 4.69) is 10.3 Å². The molecule has 1 heterocycles. The quantitative estimate of drug-likeness (QED) is 0.485. The first kappa shape index (κ1) is 24.9. The van der Waals surface area contributed by atoms with E-state index in [1.165, 1.54) is 18.2 Å². The largest absolute Gasteiger partial charge is 0.490 e. The summed E-state index contributed by atoms with van der Waals surface area (Å²) in [5.41, 5.74) is -1.91. The van der Waals surface area contributed by atoms with Gasteiger partial charge in [-0.3, -0.25) is 4.79 Å². The zero-order valence-electron chi connectivity index (χ0n) is 17.4. The van der Waals surface area contributed by atoms with Crippen LogP contribution in [0.25, 0.3) is 0 Å². The maximum absolute atomic E-state index is 14.0. The second-order valence-corrected chi connectivity index (χ2v) is 8.81. The summed E-state index contributed by atoms with van der Waals surface area (Å²) in [6.45, 7) is 0. The highest BCUT2D eigenvalue weighted by molar-refractivity contribution is 7.90. The predicted octanol–water partition coefficient (Wildman–Crippen LogP) is 4.84. The number of benzene rings is 2. The van der Waals surface area contributed by atoms with E-state index in [0.717, 1.165) is 31.6 Å². The lowest BCUT2D eigenvalue weighted by atomic mass is 10.2. The normalized spacial score (nSPS) is 11.7. The molecule has 1 aromatic heterocycles. The number of aromatic nitrogens is 1. The Balaban J connectivity index is 2.05. The molecule has 7 nitrogen and oxygen atoms in total. The molecule has 0 spiro atoms. The van der Waals surface area contributed by atoms with Crippen LogP contribution in [0.1, 0.15) is 16.1 Å². The Morgan fingerprint density at radius 3 is 2.38 bits per heavy atom. The van der Waals surface area contributed by atoms with Crippen molar-refractivity contribution in [1.29, 1.82) is 0 Å². The first-order chi connectivity index (χ1) is 15.8. The molecule has 0 fully saturated rings. The number of nitrogens with zero attached hydrogens (tertiary/aromatic N) is 1. The summed E-state index contributed by atoms with van der Waals surface area (Å²) in [5, 5.41) is 2.33. The van der Waals surface area contributed by atoms with Gasteiger partial charge in [-0.2, -0.15) is 17.6 Å². The monoisotopic (exact) mass is 502 g/mol. The summed E-state index contributed by atoms with van der Waals surface area (Å²) in [6.07, 6.45) is -3.95. The van der Waals surface area contributed by atoms with Crippen molar-refractivity contribution in [2.75, 3.05) is 18.7 Å². The lowest BCUT2D eigenvalue weighted by Crippen LogP contribution is -2.16. The van der Waals surface area contributed by atoms with Crippen LogP contribution in [0.3, 0.4) is 0 Å². The van der Waals surface area contributed by atoms with E-state index in [4.69, 9.17) is 9.47 Å². The molecule has 34 heavy (non-hydrogen) atoms. The number of sulfone groups is 1. The lowest BCUT2D eigenvalue weighted by Gasteiger charge is -2.15. The predicted molar refractivity (Wildman–Crippen MR) is 110 cm³/mol. The highest BCUT2D eigenvalue weighted by Crippen LogP contribution is 2.37. The van der Waals surface area contributed by atoms with Crippen molar-refractivity contribution in [3.8, 4) is 17.4 Å². The number of anilines is 1. The Morgan fingerprint density at radius 2 is 1.76 bits per heavy atom. The number of rotatable bonds is 6. The third-order valence-electron chi connectivity index (χ3n) is 4.34. The molecule has 1 N–H and O–H groups in total. The Hall–Kier alpha value is -3.74. The fourth-order valence-corrected chi connectivity index (χ4v) is 3.41. The van der Waals surface area contributed by atoms with Crippen molar-refractivity contribution in [2.24, 2.45) is 0 Å². The van der Waals surface area contributed by atoms with Gasteiger partial charge in [0.1, 0.15) is 11.3 Å². The highest BCUT2D eigenvalue weighted by Gasteiger charge is 2.34. The van der Waals surface area contributed by atoms with Crippen molar-refractivity contribution < 1.29 is 44.6 Å². The van der Waals surface area contributed by atoms with Gasteiger partial charge in [0.15, 0.2) is 21.4 Å². The zero-order chi connectivity index (χ0) is 25.3. The number of halogens is 5. The average molecular weight is 502 g/mol. The van der Waals surface area contributed by atoms with E-state index in [1.807, 2.05) is 0 Å². The standard InChI is InChI=1S/C21H15F5N2O5S/c1-32-18-15(8-7-14(22)17(18)23)33-20-13(6-9-16(28-20)21(24,25)26)19(29)27-11-4-3-5-12(10-11)34(2,30)31/h3-10H,1-2H3,(H,27,29). The number of amides is 1. The van der Waals surface area contributed by atoms with Gasteiger partial charge in [-0.25, -0.2) is 17.8 Å². The number of pyridine rings is 1. The van der Waals surface area contributed by atoms with Crippen molar-refractivity contribution >= 4 is 21.4 Å². The molecule has 3 aromatic rings. The number of carbonyl (C=O) groups is 1. The van der Waals surface area contributed by atoms with E-state index in [-0.39, 0.29) is 10.6 Å². The summed E-state index contributed by atoms with van der Waals surface area (Å²) in [5.74, 6) is -5.95. The molecule has 0 bridgehead atoms. The minimum atomic E-state index is -4.91. The van der Waals surface area contributed by atoms with Gasteiger partial charge in [0.25, 0.3) is 5.91 Å². The molecule has 3 rings (SSSR count). The number of alkyl halides is 3. The maximum atomic E-state index is 14.0. The SMILES string of the molecule is COc1c(Oc2nc(C(F)(F)F)ccc2C(=O)Nc2cccc(S(C)(=O)=O)c2)ccc(F)c1F. The van der Waals surface area contributed by atoms with Crippen molar-refractivity contribution in [1.82, 2.24) is 4.98 Å². The molecule has 0 aliphatic heterocycles. The summed E-state index contributed by atoms with van der Waals surface area (Å²) in [6, 6.07) is 7.96. The molecule has 0 atom stereocenters. The molecular weight excluding hydrogens is 487 g/mol. The molecule has 0 saturated carbocycles. The number of methoxy groups -OCH3 is 1. The fraction of sp³-hybridized carbons (Fsp3) is 0.143. The number of hydrogen-bond donors (Lipinski definition) is 1. The van der Waals surface area contributed by atoms with Crippen LogP contribution in [0.5, 0.6) is 17.4 Å². The van der Waals surface area contributed by atoms with E-state index < -0.39 is 62.2 Å². The molecule has 0 aliphatic carbocycles. The molecule has 2 aromatic carbocycles. The van der Waals surface area contributed by atoms with Crippen LogP contribution in [-0.4, -0.2) is 32.7 Å². The van der Waals surface area contributed by atoms with Crippen LogP contribution in [0, 0.1) is 11.6 Å². The zero-order valence-corrected chi connectivity index (χ0v) is 18.2. The lowest BCUT2D eigenvalue weighted by molar-refractivity contribution is -0.141. The number of nitrogens with one attached hydrogen (secondary N) is 1. The molecular formula is C21H15F5N2O5S. The Kier molecular flexibility index (Phi) is 6.77. The first-order valence-electron chi connectivity index (χ1n) is 9.21. The summed E-state index contributed by atoms with van der Waals surface area (Å²) in [4.78, 5) is 16.0. The molecule has 0 saturated heterocycles. The molecule has 1 amide bonds. The van der Waals surface area contributed by atoms with Gasteiger partial charge in [0, 0.05) is 11.9 Å². The molecule has 13 heteroatoms. The second-order valence-electron chi connectivity index (χ2n) is 6.80. The summed E-state index contributed by atoms with van der Waals surface area (Å²) >= 11 is 0. The van der Waals surface area contributed by atoms with Gasteiger partial charge in [0.2, 0.25) is 17.4 Å². The number of ether oxygens (including phenoxy) is 2. The summed E-state index contributed by atoms with van der Waals surface area (Å²) < 4.78 is 100. The molecule has 0 unspecified atom stereocenters. The maximum Gasteiger partial charge on any atom is 0.433 e. The van der Waals surface area contributed by atoms with Gasteiger partial charge in [-0.05, 0) is 42.5 Å². The fourth-order valence-electron chi connectivity index (χ4n) is 2.74. The van der Waals surface area contributed by atoms with Crippen LogP contribution in [0.2, 0.25) is 0 Å². The van der Waals surface area contributed by atoms with Gasteiger partial charge in [0.05, 0.1) is 12.0 Å². The Morgan fingerprint density at radius 1 is 1.06 bits per heavy atom. The van der Waals surface area contributed by atoms with Crippen molar-refractivity contribution in [3.63, 3.8) is 0 Å². The first-order valence-corrected chi connectivity index (χ1v) is 11.1. The van der Waals surface area contributed by atoms with Gasteiger partial charge >= 0.3 is 6.18 Å². The number of hydrogen-bond acceptors (Lipinski definition) is 6. The second kappa shape index (κ2) is 9.25. The molecule has 180 valence electrons. The van der Waals surface area contributed by atoms with Gasteiger partial charge in [-0.15, -0.1) is 0 Å². The van der Waals surface area contributed by atoms with Gasteiger partial charge < -0.3 is 14.8 Å². The topological polar surface area (TPSA) is 94.6 Å². The minimum absolute atomic E-state index is 0.0178. The third-order valence-corrected chi connectivity index (χ3v) is 5.45. The number of carbonyl (C=O) groups excluding carboxylic acids is 1. The van der Waals surface area contributed by atoms with E-state index >= 15 is 0 Å². The van der Waals surface area contributed by atoms with E-state index in [9.17, 15) is 35.2 Å². The average Bonchev–Trinajstić information content (AvgIpc) is 2.75. The van der Waals surface area contributed by atoms with Crippen molar-refractivity contribution in [2.45, 2.75) is 11.1 Å². The molecule has 0 radical (unpaired) electrons. The van der Waals surface area contributed by atoms with Crippen molar-refractivity contribution in [3.05, 3.63) is 71.4 Å². The Bertz CT molecular complexity index is 1360.